The summed E-state index contributed by atoms with van der Waals surface area (Å²) in [5, 5.41) is 3.58. The summed E-state index contributed by atoms with van der Waals surface area (Å²) in [6.07, 6.45) is 2.48. The number of rotatable bonds is 5. The van der Waals surface area contributed by atoms with Crippen molar-refractivity contribution in [3.05, 3.63) is 45.7 Å². The highest BCUT2D eigenvalue weighted by molar-refractivity contribution is 6.31. The van der Waals surface area contributed by atoms with Gasteiger partial charge in [0.05, 0.1) is 6.54 Å². The van der Waals surface area contributed by atoms with Gasteiger partial charge in [0, 0.05) is 18.1 Å². The Morgan fingerprint density at radius 3 is 2.47 bits per heavy atom. The van der Waals surface area contributed by atoms with Gasteiger partial charge in [0.2, 0.25) is 5.91 Å². The first-order valence-corrected chi connectivity index (χ1v) is 11.5. The van der Waals surface area contributed by atoms with Crippen molar-refractivity contribution < 1.29 is 9.59 Å². The first-order chi connectivity index (χ1) is 16.0. The fraction of sp³-hybridized carbons (Fsp3) is 0.409. The van der Waals surface area contributed by atoms with E-state index in [1.807, 2.05) is 24.3 Å². The summed E-state index contributed by atoms with van der Waals surface area (Å²) in [7, 11) is 0. The Hall–Kier alpha value is -2.95. The molecule has 0 bridgehead atoms. The maximum Gasteiger partial charge on any atom is 0.301 e. The van der Waals surface area contributed by atoms with Crippen LogP contribution < -0.4 is 22.5 Å². The van der Waals surface area contributed by atoms with Crippen molar-refractivity contribution in [1.29, 1.82) is 0 Å². The zero-order valence-electron chi connectivity index (χ0n) is 19.2. The Labute approximate surface area is 208 Å². The Morgan fingerprint density at radius 2 is 1.85 bits per heavy atom. The van der Waals surface area contributed by atoms with Crippen molar-refractivity contribution in [1.82, 2.24) is 20.2 Å². The van der Waals surface area contributed by atoms with Gasteiger partial charge in [-0.3, -0.25) is 14.5 Å². The number of halogens is 2. The summed E-state index contributed by atoms with van der Waals surface area (Å²) in [4.78, 5) is 36.3. The number of amides is 2. The molecule has 2 aromatic rings. The number of carbonyl (C=O) groups is 2. The minimum atomic E-state index is -0.707. The van der Waals surface area contributed by atoms with Crippen LogP contribution in [0, 0.1) is 5.92 Å². The Bertz CT molecular complexity index is 1030. The molecule has 1 fully saturated rings. The van der Waals surface area contributed by atoms with E-state index in [1.165, 1.54) is 19.8 Å². The topological polar surface area (TPSA) is 166 Å². The van der Waals surface area contributed by atoms with Gasteiger partial charge >= 0.3 is 5.91 Å². The molecule has 1 unspecified atom stereocenters. The lowest BCUT2D eigenvalue weighted by molar-refractivity contribution is -0.122. The van der Waals surface area contributed by atoms with Crippen molar-refractivity contribution in [3.63, 3.8) is 0 Å². The number of likely N-dealkylation sites (tertiary alicyclic amines) is 1. The summed E-state index contributed by atoms with van der Waals surface area (Å²) in [5.74, 6) is 0.0176. The van der Waals surface area contributed by atoms with Gasteiger partial charge in [0.1, 0.15) is 5.84 Å². The van der Waals surface area contributed by atoms with Crippen molar-refractivity contribution in [2.75, 3.05) is 31.1 Å². The van der Waals surface area contributed by atoms with Gasteiger partial charge in [0.15, 0.2) is 22.5 Å². The number of carbonyl (C=O) groups excluding carboxylic acids is 2. The SMILES string of the molecule is CC(N)=NC(=O)c1nc(Cl)c(N)nc1N.CC1CCCN(CC(=O)NCc2ccc(Cl)cc2)C1. The number of amidine groups is 1. The Morgan fingerprint density at radius 1 is 1.18 bits per heavy atom. The van der Waals surface area contributed by atoms with E-state index in [4.69, 9.17) is 40.4 Å². The third kappa shape index (κ3) is 9.12. The average molecular weight is 509 g/mol. The van der Waals surface area contributed by atoms with E-state index in [0.717, 1.165) is 23.7 Å². The highest BCUT2D eigenvalue weighted by atomic mass is 35.5. The average Bonchev–Trinajstić information content (AvgIpc) is 2.76. The van der Waals surface area contributed by atoms with Crippen molar-refractivity contribution in [2.24, 2.45) is 16.6 Å². The van der Waals surface area contributed by atoms with Gasteiger partial charge in [-0.15, -0.1) is 0 Å². The molecule has 0 spiro atoms. The number of benzene rings is 1. The number of anilines is 2. The lowest BCUT2D eigenvalue weighted by Gasteiger charge is -2.30. The quantitative estimate of drug-likeness (QED) is 0.353. The van der Waals surface area contributed by atoms with Gasteiger partial charge in [-0.05, 0) is 49.9 Å². The maximum atomic E-state index is 11.9. The number of aliphatic imine (C=N–C) groups is 1. The third-order valence-corrected chi connectivity index (χ3v) is 5.43. The van der Waals surface area contributed by atoms with Crippen LogP contribution in [0.3, 0.4) is 0 Å². The van der Waals surface area contributed by atoms with Crippen LogP contribution >= 0.6 is 23.2 Å². The zero-order chi connectivity index (χ0) is 25.3. The van der Waals surface area contributed by atoms with Crippen LogP contribution in [0.5, 0.6) is 0 Å². The molecule has 3 rings (SSSR count). The van der Waals surface area contributed by atoms with E-state index in [0.29, 0.717) is 19.0 Å². The van der Waals surface area contributed by atoms with E-state index < -0.39 is 5.91 Å². The third-order valence-electron chi connectivity index (χ3n) is 4.90. The molecule has 12 heteroatoms. The molecule has 0 saturated carbocycles. The van der Waals surface area contributed by atoms with Crippen LogP contribution in [0.15, 0.2) is 29.3 Å². The highest BCUT2D eigenvalue weighted by Crippen LogP contribution is 2.18. The largest absolute Gasteiger partial charge is 0.387 e. The van der Waals surface area contributed by atoms with Gasteiger partial charge in [0.25, 0.3) is 0 Å². The molecule has 0 aliphatic carbocycles. The minimum Gasteiger partial charge on any atom is -0.387 e. The standard InChI is InChI=1S/C15H21ClN2O.C7H9ClN6O/c1-12-3-2-8-18(10-12)11-15(19)17-9-13-4-6-14(16)7-5-13;1-2(9)12-7(15)3-5(10)14-6(11)4(8)13-3/h4-7,12H,2-3,8-11H2,1H3,(H,17,19);1H3,(H2,9,12,15)(H4,10,11,14). The lowest BCUT2D eigenvalue weighted by atomic mass is 10.0. The highest BCUT2D eigenvalue weighted by Gasteiger charge is 2.18. The van der Waals surface area contributed by atoms with Crippen LogP contribution in [0.25, 0.3) is 0 Å². The number of nitrogens with zero attached hydrogens (tertiary/aromatic N) is 4. The normalized spacial score (nSPS) is 16.4. The molecule has 2 amide bonds. The molecular formula is C22H30Cl2N8O2. The molecule has 1 aliphatic rings. The smallest absolute Gasteiger partial charge is 0.301 e. The fourth-order valence-electron chi connectivity index (χ4n) is 3.30. The second-order valence-corrected chi connectivity index (χ2v) is 8.87. The molecule has 1 aliphatic heterocycles. The second-order valence-electron chi connectivity index (χ2n) is 8.08. The van der Waals surface area contributed by atoms with E-state index in [1.54, 1.807) is 0 Å². The molecule has 34 heavy (non-hydrogen) atoms. The van der Waals surface area contributed by atoms with Crippen LogP contribution in [-0.4, -0.2) is 52.2 Å². The zero-order valence-corrected chi connectivity index (χ0v) is 20.7. The number of nitrogens with two attached hydrogens (primary N) is 3. The number of hydrogen-bond donors (Lipinski definition) is 4. The molecular weight excluding hydrogens is 479 g/mol. The van der Waals surface area contributed by atoms with Crippen LogP contribution in [0.1, 0.15) is 42.7 Å². The van der Waals surface area contributed by atoms with Crippen molar-refractivity contribution >= 4 is 52.5 Å². The van der Waals surface area contributed by atoms with Gasteiger partial charge in [-0.2, -0.15) is 4.99 Å². The molecule has 2 heterocycles. The Kier molecular flexibility index (Phi) is 10.5. The molecule has 7 N–H and O–H groups in total. The first-order valence-electron chi connectivity index (χ1n) is 10.7. The summed E-state index contributed by atoms with van der Waals surface area (Å²) >= 11 is 11.4. The number of nitrogen functional groups attached to an aromatic ring is 2. The summed E-state index contributed by atoms with van der Waals surface area (Å²) in [6.45, 7) is 6.86. The fourth-order valence-corrected chi connectivity index (χ4v) is 3.56. The molecule has 10 nitrogen and oxygen atoms in total. The van der Waals surface area contributed by atoms with Gasteiger partial charge in [-0.1, -0.05) is 42.3 Å². The monoisotopic (exact) mass is 508 g/mol. The lowest BCUT2D eigenvalue weighted by Crippen LogP contribution is -2.41. The first kappa shape index (κ1) is 27.3. The molecule has 1 atom stereocenters. The predicted octanol–water partition coefficient (Wildman–Crippen LogP) is 2.50. The van der Waals surface area contributed by atoms with Crippen molar-refractivity contribution in [3.8, 4) is 0 Å². The predicted molar refractivity (Wildman–Crippen MR) is 136 cm³/mol. The van der Waals surface area contributed by atoms with E-state index in [-0.39, 0.29) is 34.2 Å². The van der Waals surface area contributed by atoms with Gasteiger partial charge < -0.3 is 22.5 Å². The summed E-state index contributed by atoms with van der Waals surface area (Å²) in [5.41, 5.74) is 16.9. The van der Waals surface area contributed by atoms with Crippen molar-refractivity contribution in [2.45, 2.75) is 33.2 Å². The maximum absolute atomic E-state index is 11.9. The van der Waals surface area contributed by atoms with Gasteiger partial charge in [-0.25, -0.2) is 9.97 Å². The molecule has 1 aromatic carbocycles. The van der Waals surface area contributed by atoms with Crippen LogP contribution in [0.2, 0.25) is 10.2 Å². The minimum absolute atomic E-state index is 0.0424. The summed E-state index contributed by atoms with van der Waals surface area (Å²) in [6, 6.07) is 7.56. The molecule has 184 valence electrons. The van der Waals surface area contributed by atoms with Crippen LogP contribution in [0.4, 0.5) is 11.6 Å². The summed E-state index contributed by atoms with van der Waals surface area (Å²) < 4.78 is 0. The van der Waals surface area contributed by atoms with Crippen LogP contribution in [-0.2, 0) is 11.3 Å². The Balaban J connectivity index is 0.000000248. The number of piperidine rings is 1. The number of nitrogens with one attached hydrogen (secondary N) is 1. The molecule has 1 aromatic heterocycles. The number of hydrogen-bond acceptors (Lipinski definition) is 7. The van der Waals surface area contributed by atoms with E-state index in [9.17, 15) is 9.59 Å². The molecule has 0 radical (unpaired) electrons. The second kappa shape index (κ2) is 13.1. The van der Waals surface area contributed by atoms with E-state index >= 15 is 0 Å². The molecule has 1 saturated heterocycles. The van der Waals surface area contributed by atoms with E-state index in [2.05, 4.69) is 32.1 Å². The number of aromatic nitrogens is 2.